The van der Waals surface area contributed by atoms with Crippen LogP contribution in [0, 0.1) is 0 Å². The van der Waals surface area contributed by atoms with E-state index in [2.05, 4.69) is 40.8 Å². The van der Waals surface area contributed by atoms with Crippen molar-refractivity contribution in [3.63, 3.8) is 0 Å². The van der Waals surface area contributed by atoms with E-state index in [-0.39, 0.29) is 0 Å². The summed E-state index contributed by atoms with van der Waals surface area (Å²) in [5.41, 5.74) is 1.35. The van der Waals surface area contributed by atoms with Crippen molar-refractivity contribution in [2.24, 2.45) is 0 Å². The molecule has 0 heterocycles. The summed E-state index contributed by atoms with van der Waals surface area (Å²) < 4.78 is 1.16. The number of alkyl halides is 1. The average molecular weight is 264 g/mol. The maximum absolute atomic E-state index is 5.17. The second kappa shape index (κ2) is 4.23. The molecule has 2 heteroatoms. The van der Waals surface area contributed by atoms with E-state index in [0.717, 1.165) is 22.1 Å². The number of halogens is 1. The summed E-state index contributed by atoms with van der Waals surface area (Å²) in [6, 6.07) is 0. The first-order valence-electron chi connectivity index (χ1n) is 3.29. The third kappa shape index (κ3) is 2.16. The SMILES string of the molecule is S=C1CC=CC=C1CCI. The van der Waals surface area contributed by atoms with Crippen LogP contribution in [0.1, 0.15) is 12.8 Å². The molecule has 1 aliphatic carbocycles. The Morgan fingerprint density at radius 2 is 2.40 bits per heavy atom. The molecule has 0 atom stereocenters. The molecule has 0 N–H and O–H groups in total. The maximum atomic E-state index is 5.17. The van der Waals surface area contributed by atoms with Crippen LogP contribution < -0.4 is 0 Å². The third-order valence-electron chi connectivity index (χ3n) is 1.46. The zero-order valence-corrected chi connectivity index (χ0v) is 8.61. The molecular formula is C8H9IS. The van der Waals surface area contributed by atoms with Crippen molar-refractivity contribution in [2.45, 2.75) is 12.8 Å². The van der Waals surface area contributed by atoms with E-state index >= 15 is 0 Å². The highest BCUT2D eigenvalue weighted by atomic mass is 127. The lowest BCUT2D eigenvalue weighted by molar-refractivity contribution is 1.20. The van der Waals surface area contributed by atoms with E-state index < -0.39 is 0 Å². The third-order valence-corrected chi connectivity index (χ3v) is 2.43. The number of thiocarbonyl (C=S) groups is 1. The Kier molecular flexibility index (Phi) is 3.56. The van der Waals surface area contributed by atoms with Crippen LogP contribution in [0.2, 0.25) is 0 Å². The van der Waals surface area contributed by atoms with Gasteiger partial charge in [0.15, 0.2) is 0 Å². The zero-order chi connectivity index (χ0) is 7.40. The highest BCUT2D eigenvalue weighted by Crippen LogP contribution is 2.14. The molecule has 0 fully saturated rings. The predicted molar refractivity (Wildman–Crippen MR) is 57.9 cm³/mol. The maximum Gasteiger partial charge on any atom is 0.0222 e. The minimum Gasteiger partial charge on any atom is -0.0860 e. The summed E-state index contributed by atoms with van der Waals surface area (Å²) in [6.07, 6.45) is 8.43. The van der Waals surface area contributed by atoms with Crippen molar-refractivity contribution in [3.05, 3.63) is 23.8 Å². The molecule has 1 aliphatic rings. The minimum atomic E-state index is 0.970. The molecule has 0 saturated heterocycles. The Labute approximate surface area is 80.5 Å². The van der Waals surface area contributed by atoms with Crippen LogP contribution in [-0.2, 0) is 0 Å². The van der Waals surface area contributed by atoms with Gasteiger partial charge in [-0.15, -0.1) is 0 Å². The number of hydrogen-bond donors (Lipinski definition) is 0. The van der Waals surface area contributed by atoms with Crippen LogP contribution in [0.3, 0.4) is 0 Å². The summed E-state index contributed by atoms with van der Waals surface area (Å²) in [5, 5.41) is 0. The molecule has 0 aromatic rings. The highest BCUT2D eigenvalue weighted by molar-refractivity contribution is 14.1. The van der Waals surface area contributed by atoms with Gasteiger partial charge in [-0.25, -0.2) is 0 Å². The standard InChI is InChI=1S/C8H9IS/c9-6-5-7-3-1-2-4-8(7)10/h1-3H,4-6H2. The Balaban J connectivity index is 2.61. The van der Waals surface area contributed by atoms with E-state index in [1.807, 2.05) is 0 Å². The van der Waals surface area contributed by atoms with Crippen molar-refractivity contribution in [1.82, 2.24) is 0 Å². The van der Waals surface area contributed by atoms with Crippen LogP contribution in [0.4, 0.5) is 0 Å². The number of rotatable bonds is 2. The van der Waals surface area contributed by atoms with Crippen LogP contribution >= 0.6 is 34.8 Å². The Hall–Kier alpha value is 0.300. The first-order valence-corrected chi connectivity index (χ1v) is 5.23. The van der Waals surface area contributed by atoms with Gasteiger partial charge in [0.2, 0.25) is 0 Å². The first kappa shape index (κ1) is 8.40. The molecule has 0 spiro atoms. The zero-order valence-electron chi connectivity index (χ0n) is 5.64. The molecule has 0 aromatic heterocycles. The van der Waals surface area contributed by atoms with Crippen LogP contribution in [0.5, 0.6) is 0 Å². The molecule has 0 radical (unpaired) electrons. The lowest BCUT2D eigenvalue weighted by Crippen LogP contribution is -2.01. The van der Waals surface area contributed by atoms with Crippen molar-refractivity contribution < 1.29 is 0 Å². The molecule has 0 aromatic carbocycles. The fourth-order valence-corrected chi connectivity index (χ4v) is 1.76. The van der Waals surface area contributed by atoms with Crippen molar-refractivity contribution >= 4 is 39.7 Å². The van der Waals surface area contributed by atoms with E-state index in [4.69, 9.17) is 12.2 Å². The van der Waals surface area contributed by atoms with Gasteiger partial charge in [-0.3, -0.25) is 0 Å². The van der Waals surface area contributed by atoms with Gasteiger partial charge in [0.1, 0.15) is 0 Å². The topological polar surface area (TPSA) is 0 Å². The quantitative estimate of drug-likeness (QED) is 0.419. The highest BCUT2D eigenvalue weighted by Gasteiger charge is 2.03. The normalized spacial score (nSPS) is 17.3. The van der Waals surface area contributed by atoms with Gasteiger partial charge in [-0.2, -0.15) is 0 Å². The van der Waals surface area contributed by atoms with Gasteiger partial charge < -0.3 is 0 Å². The summed E-state index contributed by atoms with van der Waals surface area (Å²) in [5.74, 6) is 0. The van der Waals surface area contributed by atoms with Crippen molar-refractivity contribution in [1.29, 1.82) is 0 Å². The summed E-state index contributed by atoms with van der Waals surface area (Å²) >= 11 is 7.54. The molecular weight excluding hydrogens is 255 g/mol. The smallest absolute Gasteiger partial charge is 0.0222 e. The molecule has 1 rings (SSSR count). The first-order chi connectivity index (χ1) is 4.84. The second-order valence-electron chi connectivity index (χ2n) is 2.19. The van der Waals surface area contributed by atoms with Gasteiger partial charge in [0.05, 0.1) is 0 Å². The van der Waals surface area contributed by atoms with Crippen molar-refractivity contribution in [2.75, 3.05) is 4.43 Å². The average Bonchev–Trinajstić information content (AvgIpc) is 1.94. The molecule has 0 nitrogen and oxygen atoms in total. The molecule has 10 heavy (non-hydrogen) atoms. The largest absolute Gasteiger partial charge is 0.0860 e. The van der Waals surface area contributed by atoms with Gasteiger partial charge in [0.25, 0.3) is 0 Å². The van der Waals surface area contributed by atoms with E-state index in [1.165, 1.54) is 5.57 Å². The summed E-state index contributed by atoms with van der Waals surface area (Å²) in [7, 11) is 0. The number of allylic oxidation sites excluding steroid dienone is 4. The lowest BCUT2D eigenvalue weighted by atomic mass is 10.0. The van der Waals surface area contributed by atoms with E-state index in [9.17, 15) is 0 Å². The fraction of sp³-hybridized carbons (Fsp3) is 0.375. The summed E-state index contributed by atoms with van der Waals surface area (Å²) in [6.45, 7) is 0. The molecule has 0 unspecified atom stereocenters. The van der Waals surface area contributed by atoms with Gasteiger partial charge in [-0.1, -0.05) is 53.0 Å². The lowest BCUT2D eigenvalue weighted by Gasteiger charge is -2.07. The molecule has 54 valence electrons. The molecule has 0 bridgehead atoms. The van der Waals surface area contributed by atoms with Crippen LogP contribution in [-0.4, -0.2) is 9.29 Å². The van der Waals surface area contributed by atoms with Crippen LogP contribution in [0.15, 0.2) is 23.8 Å². The van der Waals surface area contributed by atoms with Crippen LogP contribution in [0.25, 0.3) is 0 Å². The van der Waals surface area contributed by atoms with E-state index in [0.29, 0.717) is 0 Å². The van der Waals surface area contributed by atoms with E-state index in [1.54, 1.807) is 0 Å². The van der Waals surface area contributed by atoms with Gasteiger partial charge in [0, 0.05) is 15.7 Å². The Bertz CT molecular complexity index is 191. The minimum absolute atomic E-state index is 0.970. The predicted octanol–water partition coefficient (Wildman–Crippen LogP) is 3.07. The summed E-state index contributed by atoms with van der Waals surface area (Å²) in [4.78, 5) is 1.12. The molecule has 0 amide bonds. The Morgan fingerprint density at radius 1 is 1.60 bits per heavy atom. The van der Waals surface area contributed by atoms with Gasteiger partial charge >= 0.3 is 0 Å². The molecule has 0 saturated carbocycles. The second-order valence-corrected chi connectivity index (χ2v) is 3.76. The van der Waals surface area contributed by atoms with Gasteiger partial charge in [-0.05, 0) is 12.0 Å². The fourth-order valence-electron chi connectivity index (χ4n) is 0.908. The molecule has 0 aliphatic heterocycles. The number of hydrogen-bond acceptors (Lipinski definition) is 1. The Morgan fingerprint density at radius 3 is 3.00 bits per heavy atom. The monoisotopic (exact) mass is 264 g/mol. The van der Waals surface area contributed by atoms with Crippen molar-refractivity contribution in [3.8, 4) is 0 Å².